The van der Waals surface area contributed by atoms with Crippen LogP contribution in [0.4, 0.5) is 0 Å². The predicted octanol–water partition coefficient (Wildman–Crippen LogP) is 2.38. The number of rotatable bonds is 6. The lowest BCUT2D eigenvalue weighted by Crippen LogP contribution is -2.40. The van der Waals surface area contributed by atoms with Gasteiger partial charge in [-0.25, -0.2) is 13.2 Å². The number of aromatic nitrogens is 2. The summed E-state index contributed by atoms with van der Waals surface area (Å²) in [6, 6.07) is 4.38. The SMILES string of the molecule is CCCOC(=O)c1c[nH]c2c(=O)[nH]c3ccc(S(=O)(=O)N(C)C4CCOCC4)cc3c12. The fourth-order valence-electron chi connectivity index (χ4n) is 3.91. The van der Waals surface area contributed by atoms with Crippen LogP contribution in [0.25, 0.3) is 21.8 Å². The zero-order valence-corrected chi connectivity index (χ0v) is 18.3. The van der Waals surface area contributed by atoms with Crippen LogP contribution in [-0.4, -0.2) is 61.6 Å². The number of hydrogen-bond donors (Lipinski definition) is 2. The van der Waals surface area contributed by atoms with Crippen molar-refractivity contribution in [3.63, 3.8) is 0 Å². The molecule has 1 fully saturated rings. The molecule has 2 aromatic heterocycles. The normalized spacial score (nSPS) is 15.7. The van der Waals surface area contributed by atoms with Crippen molar-refractivity contribution in [3.05, 3.63) is 40.3 Å². The maximum absolute atomic E-state index is 13.3. The van der Waals surface area contributed by atoms with Crippen LogP contribution in [0.3, 0.4) is 0 Å². The highest BCUT2D eigenvalue weighted by atomic mass is 32.2. The molecule has 0 amide bonds. The zero-order valence-electron chi connectivity index (χ0n) is 17.4. The maximum Gasteiger partial charge on any atom is 0.340 e. The van der Waals surface area contributed by atoms with Crippen LogP contribution in [-0.2, 0) is 19.5 Å². The number of H-pyrrole nitrogens is 2. The average molecular weight is 448 g/mol. The minimum atomic E-state index is -3.78. The van der Waals surface area contributed by atoms with E-state index < -0.39 is 21.6 Å². The molecule has 166 valence electrons. The number of fused-ring (bicyclic) bond motifs is 3. The van der Waals surface area contributed by atoms with Gasteiger partial charge in [0, 0.05) is 48.8 Å². The summed E-state index contributed by atoms with van der Waals surface area (Å²) in [4.78, 5) is 30.6. The van der Waals surface area contributed by atoms with Gasteiger partial charge in [-0.05, 0) is 37.5 Å². The number of nitrogens with one attached hydrogen (secondary N) is 2. The first-order valence-electron chi connectivity index (χ1n) is 10.2. The van der Waals surface area contributed by atoms with Gasteiger partial charge in [0.05, 0.1) is 17.1 Å². The molecule has 4 rings (SSSR count). The predicted molar refractivity (Wildman–Crippen MR) is 116 cm³/mol. The van der Waals surface area contributed by atoms with E-state index in [0.29, 0.717) is 48.8 Å². The molecule has 0 saturated carbocycles. The summed E-state index contributed by atoms with van der Waals surface area (Å²) in [6.45, 7) is 3.18. The van der Waals surface area contributed by atoms with Crippen molar-refractivity contribution in [1.82, 2.24) is 14.3 Å². The number of pyridine rings is 1. The van der Waals surface area contributed by atoms with Gasteiger partial charge in [-0.1, -0.05) is 6.92 Å². The molecule has 1 saturated heterocycles. The van der Waals surface area contributed by atoms with Gasteiger partial charge in [-0.3, -0.25) is 4.79 Å². The van der Waals surface area contributed by atoms with E-state index in [1.54, 1.807) is 13.1 Å². The molecule has 1 aromatic carbocycles. The molecule has 0 radical (unpaired) electrons. The third-order valence-electron chi connectivity index (χ3n) is 5.66. The molecule has 3 aromatic rings. The first-order chi connectivity index (χ1) is 14.8. The fraction of sp³-hybridized carbons (Fsp3) is 0.429. The molecule has 0 atom stereocenters. The van der Waals surface area contributed by atoms with Gasteiger partial charge in [0.2, 0.25) is 10.0 Å². The van der Waals surface area contributed by atoms with E-state index >= 15 is 0 Å². The smallest absolute Gasteiger partial charge is 0.340 e. The van der Waals surface area contributed by atoms with Crippen LogP contribution in [0.5, 0.6) is 0 Å². The first kappa shape index (κ1) is 21.5. The Hall–Kier alpha value is -2.69. The van der Waals surface area contributed by atoms with Crippen LogP contribution in [0.15, 0.2) is 34.1 Å². The molecule has 1 aliphatic heterocycles. The molecule has 0 unspecified atom stereocenters. The number of aromatic amines is 2. The van der Waals surface area contributed by atoms with E-state index in [1.165, 1.54) is 22.6 Å². The Balaban J connectivity index is 1.85. The summed E-state index contributed by atoms with van der Waals surface area (Å²) in [5.74, 6) is -0.562. The van der Waals surface area contributed by atoms with Crippen molar-refractivity contribution in [1.29, 1.82) is 0 Å². The molecular formula is C21H25N3O6S. The summed E-state index contributed by atoms with van der Waals surface area (Å²) in [7, 11) is -2.21. The summed E-state index contributed by atoms with van der Waals surface area (Å²) >= 11 is 0. The molecule has 0 aliphatic carbocycles. The number of carbonyl (C=O) groups excluding carboxylic acids is 1. The second-order valence-corrected chi connectivity index (χ2v) is 9.61. The summed E-state index contributed by atoms with van der Waals surface area (Å²) in [5.41, 5.74) is 0.441. The average Bonchev–Trinajstić information content (AvgIpc) is 3.23. The maximum atomic E-state index is 13.3. The second-order valence-electron chi connectivity index (χ2n) is 7.61. The van der Waals surface area contributed by atoms with Crippen LogP contribution in [0.1, 0.15) is 36.5 Å². The molecule has 9 nitrogen and oxygen atoms in total. The Labute approximate surface area is 179 Å². The molecule has 31 heavy (non-hydrogen) atoms. The van der Waals surface area contributed by atoms with Gasteiger partial charge < -0.3 is 19.4 Å². The number of sulfonamides is 1. The number of ether oxygens (including phenoxy) is 2. The van der Waals surface area contributed by atoms with Crippen LogP contribution in [0, 0.1) is 0 Å². The number of esters is 1. The van der Waals surface area contributed by atoms with E-state index in [1.807, 2.05) is 6.92 Å². The monoisotopic (exact) mass is 447 g/mol. The molecular weight excluding hydrogens is 422 g/mol. The zero-order chi connectivity index (χ0) is 22.2. The summed E-state index contributed by atoms with van der Waals surface area (Å²) in [6.07, 6.45) is 3.35. The van der Waals surface area contributed by atoms with Crippen LogP contribution in [0.2, 0.25) is 0 Å². The number of benzene rings is 1. The van der Waals surface area contributed by atoms with Crippen molar-refractivity contribution in [3.8, 4) is 0 Å². The van der Waals surface area contributed by atoms with Crippen LogP contribution < -0.4 is 5.56 Å². The van der Waals surface area contributed by atoms with Crippen molar-refractivity contribution >= 4 is 37.8 Å². The van der Waals surface area contributed by atoms with Gasteiger partial charge in [-0.15, -0.1) is 0 Å². The summed E-state index contributed by atoms with van der Waals surface area (Å²) in [5, 5.41) is 0.811. The Morgan fingerprint density at radius 3 is 2.74 bits per heavy atom. The van der Waals surface area contributed by atoms with E-state index in [4.69, 9.17) is 9.47 Å². The highest BCUT2D eigenvalue weighted by Gasteiger charge is 2.30. The number of hydrogen-bond acceptors (Lipinski definition) is 6. The largest absolute Gasteiger partial charge is 0.462 e. The highest BCUT2D eigenvalue weighted by Crippen LogP contribution is 2.29. The summed E-state index contributed by atoms with van der Waals surface area (Å²) < 4.78 is 38.5. The molecule has 3 heterocycles. The van der Waals surface area contributed by atoms with Gasteiger partial charge in [-0.2, -0.15) is 4.31 Å². The lowest BCUT2D eigenvalue weighted by atomic mass is 10.1. The molecule has 10 heteroatoms. The molecule has 1 aliphatic rings. The first-order valence-corrected chi connectivity index (χ1v) is 11.7. The molecule has 2 N–H and O–H groups in total. The lowest BCUT2D eigenvalue weighted by molar-refractivity contribution is 0.0507. The number of carbonyl (C=O) groups is 1. The third-order valence-corrected chi connectivity index (χ3v) is 7.56. The molecule has 0 bridgehead atoms. The van der Waals surface area contributed by atoms with E-state index in [0.717, 1.165) is 0 Å². The minimum absolute atomic E-state index is 0.0939. The standard InChI is InChI=1S/C21H25N3O6S/c1-3-8-30-21(26)16-12-22-19-18(16)15-11-14(4-5-17(15)23-20(19)25)31(27,28)24(2)13-6-9-29-10-7-13/h4-5,11-13,22H,3,6-10H2,1-2H3,(H,23,25). The van der Waals surface area contributed by atoms with E-state index in [9.17, 15) is 18.0 Å². The van der Waals surface area contributed by atoms with Crippen LogP contribution >= 0.6 is 0 Å². The Kier molecular flexibility index (Phi) is 5.87. The van der Waals surface area contributed by atoms with Gasteiger partial charge in [0.1, 0.15) is 5.52 Å². The Morgan fingerprint density at radius 2 is 2.03 bits per heavy atom. The quantitative estimate of drug-likeness (QED) is 0.560. The minimum Gasteiger partial charge on any atom is -0.462 e. The fourth-order valence-corrected chi connectivity index (χ4v) is 5.35. The molecule has 0 spiro atoms. The van der Waals surface area contributed by atoms with Crippen molar-refractivity contribution < 1.29 is 22.7 Å². The van der Waals surface area contributed by atoms with Gasteiger partial charge >= 0.3 is 5.97 Å². The van der Waals surface area contributed by atoms with Crippen molar-refractivity contribution in [2.24, 2.45) is 0 Å². The Bertz CT molecular complexity index is 1290. The third kappa shape index (κ3) is 3.86. The second kappa shape index (κ2) is 8.45. The van der Waals surface area contributed by atoms with Crippen molar-refractivity contribution in [2.75, 3.05) is 26.9 Å². The Morgan fingerprint density at radius 1 is 1.29 bits per heavy atom. The van der Waals surface area contributed by atoms with Crippen molar-refractivity contribution in [2.45, 2.75) is 37.1 Å². The lowest BCUT2D eigenvalue weighted by Gasteiger charge is -2.30. The van der Waals surface area contributed by atoms with Gasteiger partial charge in [0.25, 0.3) is 5.56 Å². The van der Waals surface area contributed by atoms with E-state index in [2.05, 4.69) is 9.97 Å². The topological polar surface area (TPSA) is 122 Å². The van der Waals surface area contributed by atoms with E-state index in [-0.39, 0.29) is 28.6 Å². The number of nitrogens with zero attached hydrogens (tertiary/aromatic N) is 1. The van der Waals surface area contributed by atoms with Gasteiger partial charge in [0.15, 0.2) is 0 Å². The highest BCUT2D eigenvalue weighted by molar-refractivity contribution is 7.89.